The molecule has 0 saturated carbocycles. The number of hydrogen-bond acceptors (Lipinski definition) is 23. The number of ether oxygens (including phenoxy) is 9. The van der Waals surface area contributed by atoms with Gasteiger partial charge in [-0.25, -0.2) is 34.0 Å². The standard InChI is InChI=1S/C50H83N13O22/c1-6-16-77-22-24-81-25-23-80-19-13-61-7-9-62(10-8-61)48(74)63(14-20-78-17-11-59(4)49(75)84-40(34(68)28-64)42-38(55-30(2)66)32(57-46(51)52)26-36(82-42)44(70)71)15-21-79-18-12-60(5)50(76)85-41(35(69)29-65)43-39(56-31(3)67)33(58-47(53)54)27-37(83-43)45(72)73/h1,26-27,32-35,38-43,64-65,68-69H,7-25,28-29H2,2-5H3,(H,55,66)(H,56,67)(H,70,71)(H,72,73)(H4,51,52,57)(H4,53,54,58)/t32-,33-,34+,35+,38+,39+,40+,41+,42+,43+/m0/s1. The highest BCUT2D eigenvalue weighted by Gasteiger charge is 2.48. The summed E-state index contributed by atoms with van der Waals surface area (Å²) in [6.07, 6.45) is -5.57. The van der Waals surface area contributed by atoms with E-state index in [1.807, 2.05) is 0 Å². The first-order valence-corrected chi connectivity index (χ1v) is 26.9. The Hall–Kier alpha value is -7.53. The largest absolute Gasteiger partial charge is 0.477 e. The fourth-order valence-corrected chi connectivity index (χ4v) is 8.51. The van der Waals surface area contributed by atoms with Gasteiger partial charge in [0, 0.05) is 86.8 Å². The van der Waals surface area contributed by atoms with Crippen LogP contribution in [0.25, 0.3) is 0 Å². The van der Waals surface area contributed by atoms with Crippen molar-refractivity contribution in [2.75, 3.05) is 152 Å². The molecule has 0 aromatic carbocycles. The summed E-state index contributed by atoms with van der Waals surface area (Å²) in [7, 11) is 2.64. The first-order valence-electron chi connectivity index (χ1n) is 26.9. The fourth-order valence-electron chi connectivity index (χ4n) is 8.51. The number of hydrogen-bond donors (Lipinski definition) is 12. The van der Waals surface area contributed by atoms with Crippen LogP contribution in [0.15, 0.2) is 33.7 Å². The summed E-state index contributed by atoms with van der Waals surface area (Å²) >= 11 is 0. The molecule has 35 nitrogen and oxygen atoms in total. The zero-order valence-corrected chi connectivity index (χ0v) is 48.0. The predicted molar refractivity (Wildman–Crippen MR) is 295 cm³/mol. The van der Waals surface area contributed by atoms with E-state index < -0.39 is 133 Å². The highest BCUT2D eigenvalue weighted by atomic mass is 16.6. The number of aliphatic hydroxyl groups is 4. The van der Waals surface area contributed by atoms with Crippen molar-refractivity contribution >= 4 is 53.9 Å². The minimum absolute atomic E-state index is 0.0273. The molecule has 0 aromatic heterocycles. The Morgan fingerprint density at radius 3 is 1.41 bits per heavy atom. The second-order valence-corrected chi connectivity index (χ2v) is 19.2. The number of nitrogens with zero attached hydrogens (tertiary/aromatic N) is 7. The van der Waals surface area contributed by atoms with E-state index in [1.54, 1.807) is 4.90 Å². The molecule has 0 radical (unpaired) electrons. The number of terminal acetylenes is 1. The van der Waals surface area contributed by atoms with Crippen molar-refractivity contribution in [3.63, 3.8) is 0 Å². The molecule has 3 aliphatic heterocycles. The van der Waals surface area contributed by atoms with E-state index in [1.165, 1.54) is 19.0 Å². The van der Waals surface area contributed by atoms with Crippen molar-refractivity contribution in [2.45, 2.75) is 74.6 Å². The summed E-state index contributed by atoms with van der Waals surface area (Å²) in [6.45, 7) is 4.33. The van der Waals surface area contributed by atoms with Crippen LogP contribution in [0.4, 0.5) is 14.4 Å². The predicted octanol–water partition coefficient (Wildman–Crippen LogP) is -6.65. The van der Waals surface area contributed by atoms with Gasteiger partial charge in [-0.15, -0.1) is 6.42 Å². The Labute approximate surface area is 490 Å². The third-order valence-corrected chi connectivity index (χ3v) is 12.8. The number of carboxylic acid groups (broad SMARTS) is 2. The number of nitrogens with one attached hydrogen (secondary N) is 2. The molecule has 3 aliphatic rings. The van der Waals surface area contributed by atoms with Gasteiger partial charge in [-0.3, -0.25) is 14.5 Å². The molecule has 85 heavy (non-hydrogen) atoms. The molecule has 0 bridgehead atoms. The molecule has 16 N–H and O–H groups in total. The summed E-state index contributed by atoms with van der Waals surface area (Å²) in [5.74, 6) is -4.43. The van der Waals surface area contributed by atoms with Crippen molar-refractivity contribution in [1.29, 1.82) is 0 Å². The lowest BCUT2D eigenvalue weighted by molar-refractivity contribution is -0.147. The average Bonchev–Trinajstić information content (AvgIpc) is 3.65. The molecule has 0 spiro atoms. The van der Waals surface area contributed by atoms with Crippen molar-refractivity contribution in [3.8, 4) is 12.3 Å². The molecule has 480 valence electrons. The second-order valence-electron chi connectivity index (χ2n) is 19.2. The molecule has 3 heterocycles. The Morgan fingerprint density at radius 2 is 1.04 bits per heavy atom. The van der Waals surface area contributed by atoms with Gasteiger partial charge < -0.3 is 126 Å². The Morgan fingerprint density at radius 1 is 0.647 bits per heavy atom. The minimum atomic E-state index is -1.86. The van der Waals surface area contributed by atoms with E-state index in [0.717, 1.165) is 35.8 Å². The smallest absolute Gasteiger partial charge is 0.410 e. The molecule has 0 aromatic rings. The molecule has 1 fully saturated rings. The van der Waals surface area contributed by atoms with Crippen LogP contribution >= 0.6 is 0 Å². The van der Waals surface area contributed by atoms with Crippen LogP contribution in [0.2, 0.25) is 0 Å². The van der Waals surface area contributed by atoms with Crippen molar-refractivity contribution in [1.82, 2.24) is 35.1 Å². The number of amides is 6. The monoisotopic (exact) mass is 1220 g/mol. The van der Waals surface area contributed by atoms with E-state index in [4.69, 9.17) is 72.0 Å². The quantitative estimate of drug-likeness (QED) is 0.0120. The van der Waals surface area contributed by atoms with Gasteiger partial charge in [-0.05, 0) is 12.2 Å². The number of rotatable bonds is 36. The molecule has 0 unspecified atom stereocenters. The number of aliphatic hydroxyl groups excluding tert-OH is 4. The lowest BCUT2D eigenvalue weighted by atomic mass is 9.92. The summed E-state index contributed by atoms with van der Waals surface area (Å²) < 4.78 is 50.3. The number of guanidine groups is 2. The summed E-state index contributed by atoms with van der Waals surface area (Å²) in [6, 6.07) is -5.50. The lowest BCUT2D eigenvalue weighted by Crippen LogP contribution is -2.61. The van der Waals surface area contributed by atoms with Gasteiger partial charge in [-0.2, -0.15) is 0 Å². The van der Waals surface area contributed by atoms with Crippen molar-refractivity contribution < 1.29 is 107 Å². The van der Waals surface area contributed by atoms with Gasteiger partial charge in [0.1, 0.15) is 18.8 Å². The SMILES string of the molecule is C#CCOCCOCCOCCN1CCN(C(=O)N(CCOCCN(C)C(=O)O[C@@H]([C@@H]2OC(C(=O)O)=C[C@H](N=C(N)N)[C@H]2NC(C)=O)[C@H](O)CO)CCOCCN(C)C(=O)O[C@@H]([C@@H]2OC(C(=O)O)=C[C@H](N=C(N)N)[C@H]2NC(C)=O)[C@H](O)CO)CC1. The summed E-state index contributed by atoms with van der Waals surface area (Å²) in [5, 5.41) is 66.1. The number of piperazine rings is 1. The van der Waals surface area contributed by atoms with Crippen LogP contribution in [-0.2, 0) is 61.8 Å². The van der Waals surface area contributed by atoms with Gasteiger partial charge >= 0.3 is 30.2 Å². The van der Waals surface area contributed by atoms with Crippen LogP contribution in [0, 0.1) is 12.3 Å². The maximum Gasteiger partial charge on any atom is 0.410 e. The molecule has 1 saturated heterocycles. The van der Waals surface area contributed by atoms with E-state index >= 15 is 0 Å². The molecule has 0 aliphatic carbocycles. The third kappa shape index (κ3) is 24.9. The van der Waals surface area contributed by atoms with Crippen molar-refractivity contribution in [3.05, 3.63) is 23.7 Å². The second kappa shape index (κ2) is 37.7. The number of likely N-dealkylation sites (N-methyl/N-ethyl adjacent to an activating group) is 2. The van der Waals surface area contributed by atoms with Crippen LogP contribution < -0.4 is 33.6 Å². The lowest BCUT2D eigenvalue weighted by Gasteiger charge is -2.40. The first-order chi connectivity index (χ1) is 40.4. The van der Waals surface area contributed by atoms with E-state index in [9.17, 15) is 64.2 Å². The Kier molecular flexibility index (Phi) is 31.8. The number of nitrogens with two attached hydrogens (primary N) is 4. The fraction of sp³-hybridized carbons (Fsp3) is 0.700. The van der Waals surface area contributed by atoms with E-state index in [2.05, 4.69) is 31.4 Å². The number of aliphatic imine (C=N–C) groups is 2. The maximum absolute atomic E-state index is 14.1. The molecular weight excluding hydrogens is 1130 g/mol. The zero-order chi connectivity index (χ0) is 63.2. The minimum Gasteiger partial charge on any atom is -0.477 e. The number of carbonyl (C=O) groups excluding carboxylic acids is 5. The van der Waals surface area contributed by atoms with Gasteiger partial charge in [0.05, 0.1) is 96.8 Å². The normalized spacial score (nSPS) is 20.8. The maximum atomic E-state index is 14.1. The third-order valence-electron chi connectivity index (χ3n) is 12.8. The average molecular weight is 1220 g/mol. The van der Waals surface area contributed by atoms with Crippen LogP contribution in [0.5, 0.6) is 0 Å². The van der Waals surface area contributed by atoms with Gasteiger partial charge in [0.25, 0.3) is 0 Å². The Balaban J connectivity index is 1.67. The summed E-state index contributed by atoms with van der Waals surface area (Å²) in [5.41, 5.74) is 22.3. The first kappa shape index (κ1) is 71.7. The van der Waals surface area contributed by atoms with Gasteiger partial charge in [-0.1, -0.05) is 5.92 Å². The zero-order valence-electron chi connectivity index (χ0n) is 48.0. The number of aliphatic carboxylic acids is 2. The van der Waals surface area contributed by atoms with Crippen LogP contribution in [0.3, 0.4) is 0 Å². The van der Waals surface area contributed by atoms with E-state index in [0.29, 0.717) is 65.8 Å². The van der Waals surface area contributed by atoms with Crippen molar-refractivity contribution in [2.24, 2.45) is 32.9 Å². The number of carboxylic acids is 2. The highest BCUT2D eigenvalue weighted by molar-refractivity contribution is 5.86. The van der Waals surface area contributed by atoms with Gasteiger partial charge in [0.15, 0.2) is 36.3 Å². The molecule has 6 amide bonds. The number of carbonyl (C=O) groups is 7. The topological polar surface area (TPSA) is 493 Å². The number of urea groups is 1. The van der Waals surface area contributed by atoms with E-state index in [-0.39, 0.29) is 65.2 Å². The molecular formula is C50H83N13O22. The highest BCUT2D eigenvalue weighted by Crippen LogP contribution is 2.29. The van der Waals surface area contributed by atoms with Crippen LogP contribution in [-0.4, -0.2) is 322 Å². The Bertz CT molecular complexity index is 2210. The molecule has 3 rings (SSSR count). The van der Waals surface area contributed by atoms with Gasteiger partial charge in [0.2, 0.25) is 23.3 Å². The molecule has 35 heteroatoms. The van der Waals surface area contributed by atoms with Crippen LogP contribution in [0.1, 0.15) is 13.8 Å². The summed E-state index contributed by atoms with van der Waals surface area (Å²) in [4.78, 5) is 105. The molecule has 10 atom stereocenters.